The van der Waals surface area contributed by atoms with E-state index in [0.717, 1.165) is 9.75 Å². The molecule has 0 unspecified atom stereocenters. The van der Waals surface area contributed by atoms with Crippen LogP contribution < -0.4 is 11.2 Å². The van der Waals surface area contributed by atoms with Crippen molar-refractivity contribution in [2.45, 2.75) is 6.92 Å². The van der Waals surface area contributed by atoms with Gasteiger partial charge >= 0.3 is 0 Å². The Morgan fingerprint density at radius 3 is 2.86 bits per heavy atom. The Morgan fingerprint density at radius 2 is 2.21 bits per heavy atom. The maximum Gasteiger partial charge on any atom is 0.294 e. The Bertz CT molecular complexity index is 1160. The molecular weight excluding hydrogens is 424 g/mol. The van der Waals surface area contributed by atoms with Crippen LogP contribution in [0.3, 0.4) is 0 Å². The molecule has 0 fully saturated rings. The zero-order chi connectivity index (χ0) is 19.7. The van der Waals surface area contributed by atoms with Gasteiger partial charge in [-0.3, -0.25) is 4.79 Å². The highest BCUT2D eigenvalue weighted by molar-refractivity contribution is 7.18. The molecule has 1 amide bonds. The van der Waals surface area contributed by atoms with Crippen molar-refractivity contribution < 1.29 is 9.42 Å². The van der Waals surface area contributed by atoms with Gasteiger partial charge in [-0.05, 0) is 40.8 Å². The number of amides is 1. The lowest BCUT2D eigenvalue weighted by atomic mass is 10.2. The first kappa shape index (κ1) is 18.3. The summed E-state index contributed by atoms with van der Waals surface area (Å²) in [5.74, 6) is -0.368. The lowest BCUT2D eigenvalue weighted by molar-refractivity contribution is 0.0950. The van der Waals surface area contributed by atoms with E-state index in [4.69, 9.17) is 17.3 Å². The summed E-state index contributed by atoms with van der Waals surface area (Å²) in [6.45, 7) is 1.77. The van der Waals surface area contributed by atoms with E-state index >= 15 is 0 Å². The molecule has 3 N–H and O–H groups in total. The third-order valence-corrected chi connectivity index (χ3v) is 5.81. The van der Waals surface area contributed by atoms with Crippen molar-refractivity contribution in [1.29, 1.82) is 0 Å². The Balaban J connectivity index is 1.69. The number of thiophene rings is 2. The highest BCUT2D eigenvalue weighted by Crippen LogP contribution is 2.30. The van der Waals surface area contributed by atoms with Crippen LogP contribution in [0.1, 0.15) is 22.3 Å². The van der Waals surface area contributed by atoms with Gasteiger partial charge in [0.25, 0.3) is 5.91 Å². The molecule has 10 nitrogen and oxygen atoms in total. The summed E-state index contributed by atoms with van der Waals surface area (Å²) in [5.41, 5.74) is 9.33. The van der Waals surface area contributed by atoms with Crippen LogP contribution in [0.15, 0.2) is 39.4 Å². The van der Waals surface area contributed by atoms with E-state index in [9.17, 15) is 4.79 Å². The molecule has 4 aromatic rings. The number of nitrogens with zero attached hydrogens (tertiary/aromatic N) is 6. The number of aromatic nitrogens is 5. The Morgan fingerprint density at radius 1 is 1.36 bits per heavy atom. The van der Waals surface area contributed by atoms with Crippen LogP contribution in [0.5, 0.6) is 0 Å². The molecule has 0 aromatic carbocycles. The van der Waals surface area contributed by atoms with Crippen molar-refractivity contribution in [2.75, 3.05) is 5.73 Å². The van der Waals surface area contributed by atoms with E-state index in [1.807, 2.05) is 23.6 Å². The normalized spacial score (nSPS) is 11.7. The number of rotatable bonds is 5. The van der Waals surface area contributed by atoms with Gasteiger partial charge in [0.15, 0.2) is 5.69 Å². The van der Waals surface area contributed by atoms with Gasteiger partial charge in [0, 0.05) is 0 Å². The summed E-state index contributed by atoms with van der Waals surface area (Å²) in [5, 5.41) is 21.2. The van der Waals surface area contributed by atoms with Gasteiger partial charge in [-0.2, -0.15) is 9.78 Å². The SMILES string of the molecule is C/C(=N\NC(=O)c1nnn(-c2nonc2N)c1-c1cccs1)c1ccc(Cl)s1. The molecule has 0 atom stereocenters. The van der Waals surface area contributed by atoms with E-state index in [0.29, 0.717) is 15.7 Å². The number of nitrogens with one attached hydrogen (secondary N) is 1. The third-order valence-electron chi connectivity index (χ3n) is 3.59. The number of hydrazone groups is 1. The van der Waals surface area contributed by atoms with Crippen LogP contribution in [0.25, 0.3) is 16.4 Å². The van der Waals surface area contributed by atoms with Gasteiger partial charge in [-0.25, -0.2) is 10.1 Å². The van der Waals surface area contributed by atoms with E-state index in [1.54, 1.807) is 13.0 Å². The molecule has 0 radical (unpaired) electrons. The number of hydrogen-bond donors (Lipinski definition) is 2. The van der Waals surface area contributed by atoms with Crippen LogP contribution in [0.2, 0.25) is 4.34 Å². The zero-order valence-corrected chi connectivity index (χ0v) is 16.5. The van der Waals surface area contributed by atoms with Crippen LogP contribution in [0.4, 0.5) is 5.82 Å². The quantitative estimate of drug-likeness (QED) is 0.364. The predicted octanol–water partition coefficient (Wildman–Crippen LogP) is 2.83. The number of anilines is 1. The first-order chi connectivity index (χ1) is 13.5. The van der Waals surface area contributed by atoms with Crippen molar-refractivity contribution >= 4 is 51.7 Å². The van der Waals surface area contributed by atoms with E-state index in [-0.39, 0.29) is 17.3 Å². The minimum absolute atomic E-state index is 0.0260. The lowest BCUT2D eigenvalue weighted by Gasteiger charge is -2.03. The molecule has 0 bridgehead atoms. The minimum Gasteiger partial charge on any atom is -0.378 e. The second-order valence-electron chi connectivity index (χ2n) is 5.39. The lowest BCUT2D eigenvalue weighted by Crippen LogP contribution is -2.20. The van der Waals surface area contributed by atoms with Crippen LogP contribution in [-0.4, -0.2) is 36.9 Å². The van der Waals surface area contributed by atoms with Crippen molar-refractivity contribution in [2.24, 2.45) is 5.10 Å². The monoisotopic (exact) mass is 434 g/mol. The van der Waals surface area contributed by atoms with Crippen molar-refractivity contribution in [3.8, 4) is 16.4 Å². The molecule has 0 saturated heterocycles. The largest absolute Gasteiger partial charge is 0.378 e. The average Bonchev–Trinajstić information content (AvgIpc) is 3.44. The first-order valence-electron chi connectivity index (χ1n) is 7.73. The fraction of sp³-hybridized carbons (Fsp3) is 0.0667. The number of carbonyl (C=O) groups excluding carboxylic acids is 1. The molecule has 4 rings (SSSR count). The number of hydrogen-bond acceptors (Lipinski definition) is 10. The highest BCUT2D eigenvalue weighted by Gasteiger charge is 2.25. The van der Waals surface area contributed by atoms with Crippen LogP contribution in [0, 0.1) is 0 Å². The van der Waals surface area contributed by atoms with Gasteiger partial charge in [0.05, 0.1) is 19.8 Å². The predicted molar refractivity (Wildman–Crippen MR) is 106 cm³/mol. The first-order valence-corrected chi connectivity index (χ1v) is 9.80. The van der Waals surface area contributed by atoms with Gasteiger partial charge in [-0.15, -0.1) is 27.8 Å². The van der Waals surface area contributed by atoms with Gasteiger partial charge in [-0.1, -0.05) is 22.9 Å². The average molecular weight is 435 g/mol. The smallest absolute Gasteiger partial charge is 0.294 e. The zero-order valence-electron chi connectivity index (χ0n) is 14.2. The molecular formula is C15H11ClN8O2S2. The summed E-state index contributed by atoms with van der Waals surface area (Å²) >= 11 is 8.70. The molecule has 0 aliphatic rings. The van der Waals surface area contributed by atoms with Crippen LogP contribution in [-0.2, 0) is 0 Å². The number of halogens is 1. The molecule has 4 aromatic heterocycles. The minimum atomic E-state index is -0.535. The Labute approximate surface area is 170 Å². The number of nitrogens with two attached hydrogens (primary N) is 1. The van der Waals surface area contributed by atoms with Crippen molar-refractivity contribution in [3.05, 3.63) is 44.6 Å². The third kappa shape index (κ3) is 3.40. The summed E-state index contributed by atoms with van der Waals surface area (Å²) in [7, 11) is 0. The summed E-state index contributed by atoms with van der Waals surface area (Å²) in [4.78, 5) is 14.3. The number of nitrogen functional groups attached to an aromatic ring is 1. The van der Waals surface area contributed by atoms with E-state index < -0.39 is 5.91 Å². The van der Waals surface area contributed by atoms with E-state index in [2.05, 4.69) is 35.8 Å². The van der Waals surface area contributed by atoms with Gasteiger partial charge in [0.1, 0.15) is 5.69 Å². The summed E-state index contributed by atoms with van der Waals surface area (Å²) in [6.07, 6.45) is 0. The molecule has 0 spiro atoms. The maximum absolute atomic E-state index is 12.7. The molecule has 0 aliphatic carbocycles. The second kappa shape index (κ2) is 7.50. The fourth-order valence-electron chi connectivity index (χ4n) is 2.31. The fourth-order valence-corrected chi connectivity index (χ4v) is 4.05. The Kier molecular flexibility index (Phi) is 4.90. The summed E-state index contributed by atoms with van der Waals surface area (Å²) < 4.78 is 6.57. The molecule has 28 heavy (non-hydrogen) atoms. The molecule has 13 heteroatoms. The van der Waals surface area contributed by atoms with Gasteiger partial charge < -0.3 is 5.73 Å². The molecule has 0 aliphatic heterocycles. The molecule has 4 heterocycles. The maximum atomic E-state index is 12.7. The summed E-state index contributed by atoms with van der Waals surface area (Å²) in [6, 6.07) is 7.25. The topological polar surface area (TPSA) is 137 Å². The van der Waals surface area contributed by atoms with Crippen LogP contribution >= 0.6 is 34.3 Å². The van der Waals surface area contributed by atoms with Gasteiger partial charge in [0.2, 0.25) is 11.6 Å². The second-order valence-corrected chi connectivity index (χ2v) is 8.05. The molecule has 0 saturated carbocycles. The van der Waals surface area contributed by atoms with Crippen molar-refractivity contribution in [3.63, 3.8) is 0 Å². The highest BCUT2D eigenvalue weighted by atomic mass is 35.5. The Hall–Kier alpha value is -3.09. The van der Waals surface area contributed by atoms with E-state index in [1.165, 1.54) is 27.4 Å². The molecule has 142 valence electrons. The van der Waals surface area contributed by atoms with Crippen molar-refractivity contribution in [1.82, 2.24) is 30.7 Å². The standard InChI is InChI=1S/C15H11ClN8O2S2/c1-7(8-4-5-10(16)28-8)18-20-15(25)11-12(9-3-2-6-27-9)24(23-19-11)14-13(17)21-26-22-14/h2-6H,1H3,(H2,17,21)(H,20,25)/b18-7+. The number of carbonyl (C=O) groups is 1.